The Balaban J connectivity index is 0. The number of rotatable bonds is 34. The minimum absolute atomic E-state index is 0.0154. The van der Waals surface area contributed by atoms with E-state index in [1.54, 1.807) is 0 Å². The summed E-state index contributed by atoms with van der Waals surface area (Å²) in [6.45, 7) is 6.89. The minimum atomic E-state index is -0.952. The minimum Gasteiger partial charge on any atom is -0.466 e. The molecule has 0 heterocycles. The van der Waals surface area contributed by atoms with Gasteiger partial charge in [-0.05, 0) is 19.3 Å². The third kappa shape index (κ3) is 42.9. The Bertz CT molecular complexity index is 582. The molecule has 0 aliphatic heterocycles. The van der Waals surface area contributed by atoms with Crippen LogP contribution in [0.1, 0.15) is 213 Å². The average molecular weight is 643 g/mol. The molecule has 0 radical (unpaired) electrons. The fourth-order valence-corrected chi connectivity index (χ4v) is 5.32. The van der Waals surface area contributed by atoms with Crippen LogP contribution in [0.15, 0.2) is 0 Å². The maximum Gasteiger partial charge on any atom is 0.305 e. The molecule has 0 aliphatic rings. The molecule has 0 aliphatic carbocycles. The molecule has 0 saturated heterocycles. The lowest BCUT2D eigenvalue weighted by molar-refractivity contribution is -0.147. The highest BCUT2D eigenvalue weighted by molar-refractivity contribution is 5.69. The number of carbonyl (C=O) groups is 2. The Morgan fingerprint density at radius 1 is 0.444 bits per heavy atom. The fraction of sp³-hybridized carbons (Fsp3) is 0.949. The van der Waals surface area contributed by atoms with Crippen molar-refractivity contribution >= 4 is 11.9 Å². The first-order chi connectivity index (χ1) is 22.0. The maximum atomic E-state index is 11.7. The lowest BCUT2D eigenvalue weighted by Gasteiger charge is -2.08. The van der Waals surface area contributed by atoms with Crippen LogP contribution in [0.3, 0.4) is 0 Å². The molecule has 1 atom stereocenters. The summed E-state index contributed by atoms with van der Waals surface area (Å²) in [5.41, 5.74) is 0. The van der Waals surface area contributed by atoms with E-state index in [9.17, 15) is 9.59 Å². The van der Waals surface area contributed by atoms with Gasteiger partial charge in [0, 0.05) is 12.8 Å². The number of hydrogen-bond donors (Lipinski definition) is 2. The Labute approximate surface area is 280 Å². The molecule has 6 nitrogen and oxygen atoms in total. The van der Waals surface area contributed by atoms with Crippen LogP contribution >= 0.6 is 0 Å². The highest BCUT2D eigenvalue weighted by Gasteiger charge is 2.07. The topological polar surface area (TPSA) is 93.1 Å². The summed E-state index contributed by atoms with van der Waals surface area (Å²) in [4.78, 5) is 22.9. The molecule has 2 N–H and O–H groups in total. The molecule has 0 aromatic rings. The van der Waals surface area contributed by atoms with Gasteiger partial charge in [0.05, 0.1) is 13.2 Å². The lowest BCUT2D eigenvalue weighted by Crippen LogP contribution is -2.21. The van der Waals surface area contributed by atoms with E-state index in [2.05, 4.69) is 20.8 Å². The van der Waals surface area contributed by atoms with Gasteiger partial charge in [-0.1, -0.05) is 181 Å². The number of ether oxygens (including phenoxy) is 2. The van der Waals surface area contributed by atoms with Crippen LogP contribution in [0.4, 0.5) is 0 Å². The summed E-state index contributed by atoms with van der Waals surface area (Å²) in [5, 5.41) is 17.6. The van der Waals surface area contributed by atoms with Crippen LogP contribution in [0.2, 0.25) is 0 Å². The van der Waals surface area contributed by atoms with Gasteiger partial charge in [0.2, 0.25) is 0 Å². The van der Waals surface area contributed by atoms with E-state index in [1.165, 1.54) is 154 Å². The first kappa shape index (κ1) is 46.0. The first-order valence-corrected chi connectivity index (χ1v) is 19.6. The van der Waals surface area contributed by atoms with Crippen LogP contribution < -0.4 is 0 Å². The zero-order chi connectivity index (χ0) is 33.5. The van der Waals surface area contributed by atoms with E-state index < -0.39 is 6.10 Å². The van der Waals surface area contributed by atoms with Crippen LogP contribution in [0.5, 0.6) is 0 Å². The summed E-state index contributed by atoms with van der Waals surface area (Å²) in [5.74, 6) is -0.267. The smallest absolute Gasteiger partial charge is 0.305 e. The van der Waals surface area contributed by atoms with Gasteiger partial charge < -0.3 is 19.7 Å². The Hall–Kier alpha value is -1.14. The number of esters is 2. The van der Waals surface area contributed by atoms with E-state index in [0.29, 0.717) is 19.4 Å². The second-order valence-electron chi connectivity index (χ2n) is 13.1. The number of aliphatic hydroxyl groups is 2. The molecule has 0 fully saturated rings. The molecule has 6 heteroatoms. The second kappa shape index (κ2) is 40.9. The first-order valence-electron chi connectivity index (χ1n) is 19.6. The van der Waals surface area contributed by atoms with Gasteiger partial charge >= 0.3 is 11.9 Å². The van der Waals surface area contributed by atoms with E-state index in [0.717, 1.165) is 25.7 Å². The van der Waals surface area contributed by atoms with Crippen LogP contribution in [-0.2, 0) is 19.1 Å². The molecule has 0 aromatic carbocycles. The van der Waals surface area contributed by atoms with Gasteiger partial charge in [0.15, 0.2) is 0 Å². The molecular formula is C39H78O6. The number of carbonyl (C=O) groups excluding carboxylic acids is 2. The third-order valence-electron chi connectivity index (χ3n) is 8.38. The normalized spacial score (nSPS) is 11.6. The monoisotopic (exact) mass is 643 g/mol. The largest absolute Gasteiger partial charge is 0.466 e. The summed E-state index contributed by atoms with van der Waals surface area (Å²) < 4.78 is 10.1. The molecular weight excluding hydrogens is 564 g/mol. The van der Waals surface area contributed by atoms with E-state index in [4.69, 9.17) is 19.7 Å². The molecule has 0 spiro atoms. The van der Waals surface area contributed by atoms with Crippen molar-refractivity contribution in [3.8, 4) is 0 Å². The van der Waals surface area contributed by atoms with E-state index in [1.807, 2.05) is 0 Å². The Morgan fingerprint density at radius 2 is 0.733 bits per heavy atom. The predicted molar refractivity (Wildman–Crippen MR) is 191 cm³/mol. The molecule has 0 amide bonds. The Kier molecular flexibility index (Phi) is 41.8. The van der Waals surface area contributed by atoms with Gasteiger partial charge in [0.25, 0.3) is 0 Å². The van der Waals surface area contributed by atoms with Crippen LogP contribution in [0.25, 0.3) is 0 Å². The molecule has 1 unspecified atom stereocenters. The zero-order valence-corrected chi connectivity index (χ0v) is 30.4. The van der Waals surface area contributed by atoms with Crippen LogP contribution in [0, 0.1) is 0 Å². The van der Waals surface area contributed by atoms with Gasteiger partial charge in [-0.3, -0.25) is 9.59 Å². The van der Waals surface area contributed by atoms with Crippen molar-refractivity contribution in [3.63, 3.8) is 0 Å². The predicted octanol–water partition coefficient (Wildman–Crippen LogP) is 11.2. The van der Waals surface area contributed by atoms with E-state index >= 15 is 0 Å². The van der Waals surface area contributed by atoms with E-state index in [-0.39, 0.29) is 25.2 Å². The van der Waals surface area contributed by atoms with Crippen molar-refractivity contribution in [2.75, 3.05) is 19.8 Å². The number of hydrogen-bond acceptors (Lipinski definition) is 6. The fourth-order valence-electron chi connectivity index (χ4n) is 5.32. The molecule has 0 aromatic heterocycles. The molecule has 0 rings (SSSR count). The lowest BCUT2D eigenvalue weighted by atomic mass is 10.0. The van der Waals surface area contributed by atoms with Crippen molar-refractivity contribution in [1.82, 2.24) is 0 Å². The van der Waals surface area contributed by atoms with Gasteiger partial charge in [0.1, 0.15) is 12.7 Å². The van der Waals surface area contributed by atoms with Gasteiger partial charge in [-0.15, -0.1) is 0 Å². The summed E-state index contributed by atoms with van der Waals surface area (Å²) in [7, 11) is 0. The van der Waals surface area contributed by atoms with Crippen LogP contribution in [-0.4, -0.2) is 48.1 Å². The molecule has 270 valence electrons. The number of aliphatic hydroxyl groups excluding tert-OH is 2. The highest BCUT2D eigenvalue weighted by atomic mass is 16.5. The zero-order valence-electron chi connectivity index (χ0n) is 30.4. The average Bonchev–Trinajstić information content (AvgIpc) is 3.04. The quantitative estimate of drug-likeness (QED) is 0.0536. The van der Waals surface area contributed by atoms with Crippen molar-refractivity contribution in [2.45, 2.75) is 219 Å². The van der Waals surface area contributed by atoms with Crippen molar-refractivity contribution < 1.29 is 29.3 Å². The maximum absolute atomic E-state index is 11.7. The number of unbranched alkanes of at least 4 members (excludes halogenated alkanes) is 25. The molecule has 0 bridgehead atoms. The molecule has 45 heavy (non-hydrogen) atoms. The van der Waals surface area contributed by atoms with Crippen molar-refractivity contribution in [1.29, 1.82) is 0 Å². The SMILES string of the molecule is CCCCCCCCCCCC(=O)OCC(O)CO.CCCCCCCCCCCCCCCC(=O)OCCCCCCCC. The van der Waals surface area contributed by atoms with Gasteiger partial charge in [-0.2, -0.15) is 0 Å². The van der Waals surface area contributed by atoms with Crippen molar-refractivity contribution in [3.05, 3.63) is 0 Å². The third-order valence-corrected chi connectivity index (χ3v) is 8.38. The second-order valence-corrected chi connectivity index (χ2v) is 13.1. The summed E-state index contributed by atoms with van der Waals surface area (Å²) in [6, 6.07) is 0. The Morgan fingerprint density at radius 3 is 1.07 bits per heavy atom. The standard InChI is InChI=1S/C24H48O2.C15H30O4/c1-3-5-7-9-11-12-13-14-15-16-17-18-20-22-24(25)26-23-21-19-10-8-6-4-2;1-2-3-4-5-6-7-8-9-10-11-15(18)19-13-14(17)12-16/h3-23H2,1-2H3;14,16-17H,2-13H2,1H3. The summed E-state index contributed by atoms with van der Waals surface area (Å²) >= 11 is 0. The molecule has 0 saturated carbocycles. The highest BCUT2D eigenvalue weighted by Crippen LogP contribution is 2.14. The van der Waals surface area contributed by atoms with Crippen molar-refractivity contribution in [2.24, 2.45) is 0 Å². The summed E-state index contributed by atoms with van der Waals surface area (Å²) in [6.07, 6.45) is 35.9. The van der Waals surface area contributed by atoms with Gasteiger partial charge in [-0.25, -0.2) is 0 Å².